The summed E-state index contributed by atoms with van der Waals surface area (Å²) in [5.41, 5.74) is 3.60. The Morgan fingerprint density at radius 1 is 1.12 bits per heavy atom. The molecule has 1 aromatic carbocycles. The molecule has 8 heteroatoms. The molecule has 0 bridgehead atoms. The first-order chi connectivity index (χ1) is 11.9. The first kappa shape index (κ1) is 16.8. The molecule has 0 saturated heterocycles. The van der Waals surface area contributed by atoms with Gasteiger partial charge < -0.3 is 22.3 Å². The van der Waals surface area contributed by atoms with Gasteiger partial charge in [-0.2, -0.15) is 0 Å². The smallest absolute Gasteiger partial charge is 0.497 e. The van der Waals surface area contributed by atoms with Crippen molar-refractivity contribution in [2.24, 2.45) is 0 Å². The first-order valence-electron chi connectivity index (χ1n) is 7.65. The van der Waals surface area contributed by atoms with Crippen molar-refractivity contribution in [3.8, 4) is 5.75 Å². The second-order valence-corrected chi connectivity index (χ2v) is 7.59. The highest BCUT2D eigenvalue weighted by Gasteiger charge is 2.54. The van der Waals surface area contributed by atoms with Crippen molar-refractivity contribution < 1.29 is 17.9 Å². The van der Waals surface area contributed by atoms with E-state index in [1.165, 1.54) is 0 Å². The van der Waals surface area contributed by atoms with Gasteiger partial charge in [-0.05, 0) is 58.2 Å². The highest BCUT2D eigenvalue weighted by atomic mass is 79.9. The van der Waals surface area contributed by atoms with Crippen molar-refractivity contribution in [1.82, 2.24) is 4.48 Å². The average molecular weight is 470 g/mol. The van der Waals surface area contributed by atoms with Gasteiger partial charge in [-0.3, -0.25) is 0 Å². The minimum atomic E-state index is -3.99. The molecule has 0 N–H and O–H groups in total. The number of nitrogens with zero attached hydrogens (tertiary/aromatic N) is 2. The Bertz CT molecular complexity index is 1010. The number of aromatic nitrogens is 1. The number of allylic oxidation sites excluding steroid dienone is 2. The molecule has 0 saturated carbocycles. The van der Waals surface area contributed by atoms with Crippen LogP contribution in [0.4, 0.5) is 8.63 Å². The lowest BCUT2D eigenvalue weighted by Gasteiger charge is -2.32. The molecule has 25 heavy (non-hydrogen) atoms. The molecule has 3 nitrogen and oxygen atoms in total. The number of aryl methyl sites for hydroxylation is 1. The number of fused-ring (bicyclic) bond motifs is 2. The van der Waals surface area contributed by atoms with E-state index in [4.69, 9.17) is 4.74 Å². The zero-order chi connectivity index (χ0) is 17.9. The second-order valence-electron chi connectivity index (χ2n) is 5.97. The summed E-state index contributed by atoms with van der Waals surface area (Å²) >= 11 is 6.54. The Morgan fingerprint density at radius 2 is 1.88 bits per heavy atom. The lowest BCUT2D eigenvalue weighted by Crippen LogP contribution is -2.50. The van der Waals surface area contributed by atoms with Crippen LogP contribution in [0.1, 0.15) is 16.8 Å². The number of methoxy groups -OCH3 is 1. The summed E-state index contributed by atoms with van der Waals surface area (Å²) in [5.74, 6) is 0.736. The molecule has 0 amide bonds. The predicted molar refractivity (Wildman–Crippen MR) is 103 cm³/mol. The van der Waals surface area contributed by atoms with Crippen molar-refractivity contribution in [3.05, 3.63) is 69.6 Å². The molecular weight excluding hydrogens is 457 g/mol. The minimum absolute atomic E-state index is 0.349. The van der Waals surface area contributed by atoms with E-state index in [1.807, 2.05) is 25.1 Å². The molecule has 0 spiro atoms. The van der Waals surface area contributed by atoms with Crippen LogP contribution in [0.25, 0.3) is 5.57 Å². The normalized spacial score (nSPS) is 17.8. The van der Waals surface area contributed by atoms with E-state index in [1.54, 1.807) is 31.4 Å². The van der Waals surface area contributed by atoms with E-state index in [0.29, 0.717) is 20.6 Å². The number of benzene rings is 1. The van der Waals surface area contributed by atoms with Gasteiger partial charge in [-0.1, -0.05) is 6.07 Å². The first-order valence-corrected chi connectivity index (χ1v) is 9.23. The maximum Gasteiger partial charge on any atom is 0.738 e. The molecule has 0 radical (unpaired) electrons. The van der Waals surface area contributed by atoms with Gasteiger partial charge in [0.15, 0.2) is 5.70 Å². The molecule has 2 aliphatic rings. The van der Waals surface area contributed by atoms with Crippen LogP contribution < -0.4 is 4.74 Å². The van der Waals surface area contributed by atoms with Gasteiger partial charge in [-0.25, -0.2) is 0 Å². The third-order valence-corrected chi connectivity index (χ3v) is 5.87. The van der Waals surface area contributed by atoms with Crippen LogP contribution in [0, 0.1) is 6.92 Å². The third-order valence-electron chi connectivity index (χ3n) is 4.57. The van der Waals surface area contributed by atoms with Crippen LogP contribution in [0.3, 0.4) is 0 Å². The molecule has 128 valence electrons. The third kappa shape index (κ3) is 2.30. The molecule has 3 heterocycles. The van der Waals surface area contributed by atoms with Crippen LogP contribution >= 0.6 is 31.9 Å². The van der Waals surface area contributed by atoms with Crippen LogP contribution in [-0.4, -0.2) is 27.7 Å². The molecule has 2 aliphatic heterocycles. The van der Waals surface area contributed by atoms with Gasteiger partial charge >= 0.3 is 6.97 Å². The van der Waals surface area contributed by atoms with Crippen molar-refractivity contribution in [1.29, 1.82) is 0 Å². The van der Waals surface area contributed by atoms with E-state index in [2.05, 4.69) is 31.9 Å². The van der Waals surface area contributed by atoms with Crippen molar-refractivity contribution in [2.75, 3.05) is 7.11 Å². The van der Waals surface area contributed by atoms with Gasteiger partial charge in [0, 0.05) is 33.8 Å². The van der Waals surface area contributed by atoms with Gasteiger partial charge in [0.2, 0.25) is 4.62 Å². The van der Waals surface area contributed by atoms with Gasteiger partial charge in [0.05, 0.1) is 17.3 Å². The Balaban J connectivity index is 2.08. The second kappa shape index (κ2) is 5.67. The lowest BCUT2D eigenvalue weighted by atomic mass is 9.85. The van der Waals surface area contributed by atoms with E-state index >= 15 is 8.63 Å². The summed E-state index contributed by atoms with van der Waals surface area (Å²) < 4.78 is 38.5. The number of halogens is 4. The van der Waals surface area contributed by atoms with E-state index in [-0.39, 0.29) is 0 Å². The van der Waals surface area contributed by atoms with Gasteiger partial charge in [0.1, 0.15) is 5.75 Å². The number of hydrogen-bond acceptors (Lipinski definition) is 1. The van der Waals surface area contributed by atoms with Gasteiger partial charge in [0.25, 0.3) is 0 Å². The fourth-order valence-electron chi connectivity index (χ4n) is 3.45. The number of hydrogen-bond donors (Lipinski definition) is 0. The van der Waals surface area contributed by atoms with Crippen LogP contribution in [0.15, 0.2) is 52.8 Å². The largest absolute Gasteiger partial charge is 0.738 e. The Labute approximate surface area is 160 Å². The molecule has 0 unspecified atom stereocenters. The van der Waals surface area contributed by atoms with E-state index < -0.39 is 6.97 Å². The molecule has 0 aliphatic carbocycles. The quantitative estimate of drug-likeness (QED) is 0.569. The monoisotopic (exact) mass is 468 g/mol. The summed E-state index contributed by atoms with van der Waals surface area (Å²) in [7, 11) is 1.61. The summed E-state index contributed by atoms with van der Waals surface area (Å²) in [6, 6.07) is 9.05. The molecule has 0 fully saturated rings. The minimum Gasteiger partial charge on any atom is -0.497 e. The fourth-order valence-corrected chi connectivity index (χ4v) is 4.59. The van der Waals surface area contributed by atoms with E-state index in [9.17, 15) is 0 Å². The zero-order valence-electron chi connectivity index (χ0n) is 13.4. The standard InChI is InChI=1S/C17H13BBr2F2N2O/c1-10-9-11(25-2)3-4-12(10)17-13-5-7-15(19)23(13)18(21,22)24-14(17)6-8-16(24)20/h3-9H,1-2H3. The average Bonchev–Trinajstić information content (AvgIpc) is 3.13. The summed E-state index contributed by atoms with van der Waals surface area (Å²) in [6.45, 7) is -2.04. The summed E-state index contributed by atoms with van der Waals surface area (Å²) in [6.07, 6.45) is 3.38. The van der Waals surface area contributed by atoms with Gasteiger partial charge in [-0.15, -0.1) is 0 Å². The Morgan fingerprint density at radius 3 is 2.56 bits per heavy atom. The zero-order valence-corrected chi connectivity index (χ0v) is 16.6. The Hall–Kier alpha value is -1.67. The predicted octanol–water partition coefficient (Wildman–Crippen LogP) is 4.94. The summed E-state index contributed by atoms with van der Waals surface area (Å²) in [5, 5.41) is 0. The SMILES string of the molecule is COc1ccc(C2=C3C=CC(Br)=[N+]3[B-](F)(F)n3c(Br)ccc32)c(C)c1. The Kier molecular flexibility index (Phi) is 3.81. The van der Waals surface area contributed by atoms with Crippen molar-refractivity contribution in [3.63, 3.8) is 0 Å². The van der Waals surface area contributed by atoms with Crippen LogP contribution in [0.2, 0.25) is 0 Å². The van der Waals surface area contributed by atoms with E-state index in [0.717, 1.165) is 31.4 Å². The maximum absolute atomic E-state index is 15.2. The fraction of sp³-hybridized carbons (Fsp3) is 0.118. The highest BCUT2D eigenvalue weighted by molar-refractivity contribution is 9.18. The van der Waals surface area contributed by atoms with Crippen molar-refractivity contribution in [2.45, 2.75) is 6.92 Å². The molecule has 4 rings (SSSR count). The number of ether oxygens (including phenoxy) is 1. The maximum atomic E-state index is 15.2. The molecular formula is C17H13BBr2F2N2O. The van der Waals surface area contributed by atoms with Crippen LogP contribution in [0.5, 0.6) is 5.75 Å². The molecule has 1 aromatic heterocycles. The topological polar surface area (TPSA) is 17.2 Å². The van der Waals surface area contributed by atoms with Crippen molar-refractivity contribution >= 4 is 49.0 Å². The summed E-state index contributed by atoms with van der Waals surface area (Å²) in [4.78, 5) is 0. The molecule has 2 aromatic rings. The molecule has 0 atom stereocenters. The van der Waals surface area contributed by atoms with Crippen LogP contribution in [-0.2, 0) is 0 Å². The highest BCUT2D eigenvalue weighted by Crippen LogP contribution is 2.43. The lowest BCUT2D eigenvalue weighted by molar-refractivity contribution is -0.358. The number of rotatable bonds is 2.